The minimum Gasteiger partial charge on any atom is -0.388 e. The Morgan fingerprint density at radius 3 is 2.50 bits per heavy atom. The van der Waals surface area contributed by atoms with Gasteiger partial charge in [0.05, 0.1) is 39.5 Å². The monoisotopic (exact) mass is 748 g/mol. The van der Waals surface area contributed by atoms with Crippen LogP contribution in [0.15, 0.2) is 102 Å². The molecule has 1 aliphatic rings. The molecule has 1 aliphatic heterocycles. The van der Waals surface area contributed by atoms with E-state index in [1.807, 2.05) is 30.3 Å². The molecule has 0 radical (unpaired) electrons. The van der Waals surface area contributed by atoms with E-state index in [4.69, 9.17) is 11.6 Å². The van der Waals surface area contributed by atoms with Crippen LogP contribution in [-0.2, 0) is 17.8 Å². The standard InChI is InChI=1S/C39H37ClN8O6/c40-33-14-18-41-34-22-27(8-13-31(33)34)36(49)42-17-4-7-28(21-26-5-2-1-3-6-26)37(50)45-19-15-39(52,16-20-45)24-46-25-43-35-32(38(46)51)23-44-47(35)29-9-11-30(12-10-29)48(53)54/h1-3,5-6,8-14,18,22-23,25,28,52H,4,7,15-17,19-21,24H2,(H,42,49). The lowest BCUT2D eigenvalue weighted by molar-refractivity contribution is -0.384. The van der Waals surface area contributed by atoms with Crippen LogP contribution >= 0.6 is 11.6 Å². The topological polar surface area (TPSA) is 178 Å². The van der Waals surface area contributed by atoms with Gasteiger partial charge in [0.1, 0.15) is 11.7 Å². The third-order valence-corrected chi connectivity index (χ3v) is 10.3. The number of benzene rings is 3. The van der Waals surface area contributed by atoms with Crippen LogP contribution in [-0.4, -0.2) is 76.3 Å². The molecular formula is C39H37ClN8O6. The van der Waals surface area contributed by atoms with Crippen molar-refractivity contribution in [1.29, 1.82) is 0 Å². The summed E-state index contributed by atoms with van der Waals surface area (Å²) in [6, 6.07) is 22.5. The van der Waals surface area contributed by atoms with Gasteiger partial charge in [-0.05, 0) is 68.0 Å². The number of nitro groups is 1. The maximum absolute atomic E-state index is 14.0. The summed E-state index contributed by atoms with van der Waals surface area (Å²) < 4.78 is 2.79. The summed E-state index contributed by atoms with van der Waals surface area (Å²) in [6.07, 6.45) is 6.58. The van der Waals surface area contributed by atoms with E-state index in [-0.39, 0.29) is 59.4 Å². The van der Waals surface area contributed by atoms with E-state index < -0.39 is 10.5 Å². The molecule has 1 unspecified atom stereocenters. The van der Waals surface area contributed by atoms with Crippen LogP contribution in [0.4, 0.5) is 5.69 Å². The Morgan fingerprint density at radius 2 is 1.76 bits per heavy atom. The van der Waals surface area contributed by atoms with E-state index >= 15 is 0 Å². The maximum Gasteiger partial charge on any atom is 0.269 e. The van der Waals surface area contributed by atoms with Crippen molar-refractivity contribution >= 4 is 51.0 Å². The second kappa shape index (κ2) is 15.5. The fraction of sp³-hybridized carbons (Fsp3) is 0.282. The Labute approximate surface area is 314 Å². The Kier molecular flexibility index (Phi) is 10.5. The Balaban J connectivity index is 0.971. The molecule has 15 heteroatoms. The van der Waals surface area contributed by atoms with E-state index in [0.29, 0.717) is 60.7 Å². The first-order chi connectivity index (χ1) is 26.1. The van der Waals surface area contributed by atoms with E-state index in [2.05, 4.69) is 20.4 Å². The molecule has 1 fully saturated rings. The number of aromatic nitrogens is 5. The number of rotatable bonds is 12. The number of hydrogen-bond donors (Lipinski definition) is 2. The van der Waals surface area contributed by atoms with E-state index in [9.17, 15) is 29.6 Å². The predicted molar refractivity (Wildman–Crippen MR) is 202 cm³/mol. The number of piperidine rings is 1. The molecule has 54 heavy (non-hydrogen) atoms. The van der Waals surface area contributed by atoms with Crippen molar-refractivity contribution in [2.45, 2.75) is 44.2 Å². The average Bonchev–Trinajstić information content (AvgIpc) is 3.62. The summed E-state index contributed by atoms with van der Waals surface area (Å²) in [5.41, 5.74) is 1.26. The van der Waals surface area contributed by atoms with E-state index in [0.717, 1.165) is 10.9 Å². The second-order valence-corrected chi connectivity index (χ2v) is 14.0. The SMILES string of the molecule is O=C(NCCCC(Cc1ccccc1)C(=O)N1CCC(O)(Cn2cnc3c(cnn3-c3ccc([N+](=O)[O-])cc3)c2=O)CC1)c1ccc2c(Cl)ccnc2c1. The molecule has 0 saturated carbocycles. The number of aliphatic hydroxyl groups is 1. The third kappa shape index (κ3) is 7.84. The van der Waals surface area contributed by atoms with Crippen LogP contribution < -0.4 is 10.9 Å². The first kappa shape index (κ1) is 36.4. The number of pyridine rings is 1. The minimum atomic E-state index is -1.24. The second-order valence-electron chi connectivity index (χ2n) is 13.6. The summed E-state index contributed by atoms with van der Waals surface area (Å²) >= 11 is 6.24. The minimum absolute atomic E-state index is 0.00698. The normalized spacial score (nSPS) is 14.6. The summed E-state index contributed by atoms with van der Waals surface area (Å²) in [6.45, 7) is 1.02. The number of halogens is 1. The number of nitrogens with one attached hydrogen (secondary N) is 1. The van der Waals surface area contributed by atoms with Crippen molar-refractivity contribution in [3.05, 3.63) is 134 Å². The van der Waals surface area contributed by atoms with Crippen molar-refractivity contribution in [3.63, 3.8) is 0 Å². The van der Waals surface area contributed by atoms with Gasteiger partial charge in [0.15, 0.2) is 5.65 Å². The van der Waals surface area contributed by atoms with Gasteiger partial charge in [-0.15, -0.1) is 0 Å². The van der Waals surface area contributed by atoms with Gasteiger partial charge in [-0.25, -0.2) is 9.67 Å². The molecule has 14 nitrogen and oxygen atoms in total. The van der Waals surface area contributed by atoms with Gasteiger partial charge < -0.3 is 15.3 Å². The molecule has 0 spiro atoms. The average molecular weight is 749 g/mol. The lowest BCUT2D eigenvalue weighted by Gasteiger charge is -2.39. The number of non-ortho nitro benzene ring substituents is 1. The van der Waals surface area contributed by atoms with E-state index in [1.54, 1.807) is 35.4 Å². The molecule has 2 amide bonds. The summed E-state index contributed by atoms with van der Waals surface area (Å²) in [5, 5.41) is 31.5. The number of nitrogens with zero attached hydrogens (tertiary/aromatic N) is 7. The number of fused-ring (bicyclic) bond motifs is 2. The number of carbonyl (C=O) groups excluding carboxylic acids is 2. The number of nitro benzene ring substituents is 1. The zero-order valence-electron chi connectivity index (χ0n) is 29.2. The first-order valence-electron chi connectivity index (χ1n) is 17.6. The van der Waals surface area contributed by atoms with Gasteiger partial charge in [-0.3, -0.25) is 34.0 Å². The quantitative estimate of drug-likeness (QED) is 0.0977. The smallest absolute Gasteiger partial charge is 0.269 e. The highest BCUT2D eigenvalue weighted by Crippen LogP contribution is 2.28. The highest BCUT2D eigenvalue weighted by Gasteiger charge is 2.36. The van der Waals surface area contributed by atoms with Crippen LogP contribution in [0, 0.1) is 16.0 Å². The van der Waals surface area contributed by atoms with Crippen LogP contribution in [0.5, 0.6) is 0 Å². The first-order valence-corrected chi connectivity index (χ1v) is 18.0. The van der Waals surface area contributed by atoms with Crippen molar-refractivity contribution < 1.29 is 19.6 Å². The van der Waals surface area contributed by atoms with Gasteiger partial charge in [0.2, 0.25) is 5.91 Å². The van der Waals surface area contributed by atoms with Crippen LogP contribution in [0.3, 0.4) is 0 Å². The Bertz CT molecular complexity index is 2390. The molecule has 7 rings (SSSR count). The number of amides is 2. The molecule has 6 aromatic rings. The van der Waals surface area contributed by atoms with Crippen molar-refractivity contribution in [3.8, 4) is 5.69 Å². The highest BCUT2D eigenvalue weighted by molar-refractivity contribution is 6.35. The van der Waals surface area contributed by atoms with Gasteiger partial charge in [-0.2, -0.15) is 5.10 Å². The molecule has 1 saturated heterocycles. The van der Waals surface area contributed by atoms with Gasteiger partial charge in [-0.1, -0.05) is 48.0 Å². The number of hydrogen-bond acceptors (Lipinski definition) is 9. The largest absolute Gasteiger partial charge is 0.388 e. The lowest BCUT2D eigenvalue weighted by atomic mass is 9.88. The van der Waals surface area contributed by atoms with Crippen molar-refractivity contribution in [1.82, 2.24) is 34.5 Å². The zero-order chi connectivity index (χ0) is 37.8. The van der Waals surface area contributed by atoms with Gasteiger partial charge in [0.25, 0.3) is 17.2 Å². The third-order valence-electron chi connectivity index (χ3n) is 9.97. The van der Waals surface area contributed by atoms with Crippen LogP contribution in [0.1, 0.15) is 41.6 Å². The molecule has 0 aliphatic carbocycles. The maximum atomic E-state index is 14.0. The molecule has 3 aromatic carbocycles. The fourth-order valence-electron chi connectivity index (χ4n) is 6.96. The molecule has 2 N–H and O–H groups in total. The summed E-state index contributed by atoms with van der Waals surface area (Å²) in [4.78, 5) is 61.4. The van der Waals surface area contributed by atoms with Crippen molar-refractivity contribution in [2.24, 2.45) is 5.92 Å². The Hall–Kier alpha value is -5.99. The molecule has 0 bridgehead atoms. The molecule has 3 aromatic heterocycles. The van der Waals surface area contributed by atoms with Crippen LogP contribution in [0.25, 0.3) is 27.6 Å². The van der Waals surface area contributed by atoms with E-state index in [1.165, 1.54) is 46.0 Å². The molecule has 4 heterocycles. The molecular weight excluding hydrogens is 712 g/mol. The van der Waals surface area contributed by atoms with Crippen LogP contribution in [0.2, 0.25) is 5.02 Å². The summed E-state index contributed by atoms with van der Waals surface area (Å²) in [5.74, 6) is -0.570. The van der Waals surface area contributed by atoms with Crippen molar-refractivity contribution in [2.75, 3.05) is 19.6 Å². The zero-order valence-corrected chi connectivity index (χ0v) is 29.9. The molecule has 1 atom stereocenters. The predicted octanol–water partition coefficient (Wildman–Crippen LogP) is 5.11. The summed E-state index contributed by atoms with van der Waals surface area (Å²) in [7, 11) is 0. The van der Waals surface area contributed by atoms with Gasteiger partial charge in [0, 0.05) is 54.8 Å². The number of carbonyl (C=O) groups is 2. The van der Waals surface area contributed by atoms with Gasteiger partial charge >= 0.3 is 0 Å². The highest BCUT2D eigenvalue weighted by atomic mass is 35.5. The fourth-order valence-corrected chi connectivity index (χ4v) is 7.18. The number of likely N-dealkylation sites (tertiary alicyclic amines) is 1. The lowest BCUT2D eigenvalue weighted by Crippen LogP contribution is -2.51. The molecule has 276 valence electrons. The Morgan fingerprint density at radius 1 is 1.00 bits per heavy atom.